The van der Waals surface area contributed by atoms with Crippen molar-refractivity contribution in [3.05, 3.63) is 51.4 Å². The quantitative estimate of drug-likeness (QED) is 0.329. The van der Waals surface area contributed by atoms with E-state index in [9.17, 15) is 44.3 Å². The number of nitrogens with one attached hydrogen (secondary N) is 2. The molecule has 16 heteroatoms. The third kappa shape index (κ3) is 8.96. The van der Waals surface area contributed by atoms with Gasteiger partial charge in [-0.15, -0.1) is 0 Å². The molecule has 32 heavy (non-hydrogen) atoms. The van der Waals surface area contributed by atoms with Crippen LogP contribution in [0.25, 0.3) is 0 Å². The fourth-order valence-corrected chi connectivity index (χ4v) is 3.49. The molecule has 176 valence electrons. The summed E-state index contributed by atoms with van der Waals surface area (Å²) in [7, 11) is 1.05. The van der Waals surface area contributed by atoms with Gasteiger partial charge in [0.25, 0.3) is 9.05 Å². The summed E-state index contributed by atoms with van der Waals surface area (Å²) in [6.07, 6.45) is -9.90. The average Bonchev–Trinajstić information content (AvgIpc) is 2.63. The molecule has 0 atom stereocenters. The van der Waals surface area contributed by atoms with Crippen molar-refractivity contribution in [2.24, 2.45) is 0 Å². The zero-order valence-electron chi connectivity index (χ0n) is 15.0. The molecule has 2 rings (SSSR count). The first-order chi connectivity index (χ1) is 14.4. The van der Waals surface area contributed by atoms with Crippen molar-refractivity contribution >= 4 is 74.8 Å². The number of hydrogen-bond acceptors (Lipinski definition) is 4. The Balaban J connectivity index is 0.000000330. The Morgan fingerprint density at radius 1 is 0.781 bits per heavy atom. The Kier molecular flexibility index (Phi) is 9.56. The van der Waals surface area contributed by atoms with E-state index in [2.05, 4.69) is 31.9 Å². The van der Waals surface area contributed by atoms with Crippen LogP contribution in [0.15, 0.2) is 56.3 Å². The van der Waals surface area contributed by atoms with Crippen LogP contribution in [0.1, 0.15) is 0 Å². The van der Waals surface area contributed by atoms with Gasteiger partial charge < -0.3 is 10.6 Å². The number of carbonyl (C=O) groups is 2. The lowest BCUT2D eigenvalue weighted by Crippen LogP contribution is -2.30. The summed E-state index contributed by atoms with van der Waals surface area (Å²) >= 11 is 5.84. The van der Waals surface area contributed by atoms with Crippen LogP contribution >= 0.6 is 42.5 Å². The van der Waals surface area contributed by atoms with Crippen LogP contribution in [0.2, 0.25) is 0 Å². The fourth-order valence-electron chi connectivity index (χ4n) is 1.70. The number of benzene rings is 2. The summed E-state index contributed by atoms with van der Waals surface area (Å²) in [6.45, 7) is 0. The molecule has 2 N–H and O–H groups in total. The minimum Gasteiger partial charge on any atom is -0.317 e. The van der Waals surface area contributed by atoms with Crippen molar-refractivity contribution in [1.82, 2.24) is 0 Å². The van der Waals surface area contributed by atoms with Gasteiger partial charge in [-0.3, -0.25) is 9.59 Å². The number of anilines is 2. The highest BCUT2D eigenvalue weighted by molar-refractivity contribution is 9.11. The average molecular weight is 635 g/mol. The molecule has 0 saturated heterocycles. The molecule has 2 aromatic rings. The van der Waals surface area contributed by atoms with Crippen LogP contribution < -0.4 is 10.6 Å². The van der Waals surface area contributed by atoms with Crippen LogP contribution in [-0.4, -0.2) is 32.6 Å². The van der Waals surface area contributed by atoms with E-state index in [1.807, 2.05) is 0 Å². The third-order valence-electron chi connectivity index (χ3n) is 3.11. The molecule has 0 heterocycles. The summed E-state index contributed by atoms with van der Waals surface area (Å²) in [5.74, 6) is -4.14. The highest BCUT2D eigenvalue weighted by atomic mass is 79.9. The monoisotopic (exact) mass is 632 g/mol. The van der Waals surface area contributed by atoms with Crippen molar-refractivity contribution in [3.8, 4) is 0 Å². The molecule has 0 saturated carbocycles. The molecule has 2 amide bonds. The van der Waals surface area contributed by atoms with E-state index in [0.717, 1.165) is 18.2 Å². The van der Waals surface area contributed by atoms with Gasteiger partial charge in [-0.05, 0) is 62.2 Å². The predicted octanol–water partition coefficient (Wildman–Crippen LogP) is 5.83. The first-order valence-corrected chi connectivity index (χ1v) is 11.6. The van der Waals surface area contributed by atoms with Gasteiger partial charge in [0.1, 0.15) is 0 Å². The topological polar surface area (TPSA) is 92.3 Å². The van der Waals surface area contributed by atoms with E-state index in [4.69, 9.17) is 10.7 Å². The molecule has 0 unspecified atom stereocenters. The van der Waals surface area contributed by atoms with Gasteiger partial charge in [-0.1, -0.05) is 12.1 Å². The second-order valence-corrected chi connectivity index (χ2v) is 9.74. The number of alkyl halides is 6. The molecule has 2 aromatic carbocycles. The third-order valence-corrected chi connectivity index (χ3v) is 5.81. The number of halogens is 9. The number of para-hydroxylation sites is 1. The summed E-state index contributed by atoms with van der Waals surface area (Å²) < 4.78 is 93.8. The van der Waals surface area contributed by atoms with Crippen molar-refractivity contribution < 1.29 is 44.3 Å². The van der Waals surface area contributed by atoms with E-state index in [1.165, 1.54) is 18.2 Å². The molecule has 0 spiro atoms. The van der Waals surface area contributed by atoms with Crippen molar-refractivity contribution in [1.29, 1.82) is 0 Å². The van der Waals surface area contributed by atoms with Crippen LogP contribution in [0, 0.1) is 0 Å². The van der Waals surface area contributed by atoms with Gasteiger partial charge in [-0.25, -0.2) is 8.42 Å². The van der Waals surface area contributed by atoms with Gasteiger partial charge in [0.15, 0.2) is 0 Å². The van der Waals surface area contributed by atoms with Gasteiger partial charge in [0.2, 0.25) is 0 Å². The SMILES string of the molecule is O=C(Nc1ccc(S(=O)(=O)Cl)cc1Br)C(F)(F)F.O=C(Nc1ccccc1Br)C(F)(F)F. The molecule has 0 bridgehead atoms. The number of amides is 2. The van der Waals surface area contributed by atoms with Crippen molar-refractivity contribution in [2.75, 3.05) is 10.6 Å². The number of carbonyl (C=O) groups excluding carboxylic acids is 2. The van der Waals surface area contributed by atoms with Gasteiger partial charge in [0, 0.05) is 19.6 Å². The Bertz CT molecular complexity index is 1110. The lowest BCUT2D eigenvalue weighted by atomic mass is 10.3. The van der Waals surface area contributed by atoms with Crippen LogP contribution in [0.4, 0.5) is 37.7 Å². The Hall–Kier alpha value is -1.84. The molecular weight excluding hydrogens is 626 g/mol. The smallest absolute Gasteiger partial charge is 0.317 e. The van der Waals surface area contributed by atoms with Crippen molar-refractivity contribution in [3.63, 3.8) is 0 Å². The zero-order valence-corrected chi connectivity index (χ0v) is 19.7. The van der Waals surface area contributed by atoms with Crippen LogP contribution in [-0.2, 0) is 18.6 Å². The van der Waals surface area contributed by atoms with Crippen molar-refractivity contribution in [2.45, 2.75) is 17.2 Å². The van der Waals surface area contributed by atoms with E-state index in [-0.39, 0.29) is 20.7 Å². The summed E-state index contributed by atoms with van der Waals surface area (Å²) in [6, 6.07) is 9.00. The summed E-state index contributed by atoms with van der Waals surface area (Å²) in [5.41, 5.74) is -0.129. The minimum absolute atomic E-state index is 0.0400. The highest BCUT2D eigenvalue weighted by Gasteiger charge is 2.39. The first-order valence-electron chi connectivity index (χ1n) is 7.68. The summed E-state index contributed by atoms with van der Waals surface area (Å²) in [4.78, 5) is 20.9. The normalized spacial score (nSPS) is 11.8. The molecule has 6 nitrogen and oxygen atoms in total. The first kappa shape index (κ1) is 28.2. The molecular formula is C16H9Br2ClF6N2O4S. The second-order valence-electron chi connectivity index (χ2n) is 5.46. The lowest BCUT2D eigenvalue weighted by molar-refractivity contribution is -0.167. The molecule has 0 aliphatic heterocycles. The maximum absolute atomic E-state index is 12.0. The number of hydrogen-bond donors (Lipinski definition) is 2. The lowest BCUT2D eigenvalue weighted by Gasteiger charge is -2.10. The second kappa shape index (κ2) is 10.9. The minimum atomic E-state index is -5.03. The van der Waals surface area contributed by atoms with E-state index >= 15 is 0 Å². The molecule has 0 fully saturated rings. The van der Waals surface area contributed by atoms with Gasteiger partial charge in [-0.2, -0.15) is 26.3 Å². The standard InChI is InChI=1S/C8H4BrClF3NO3S.C8H5BrF3NO/c9-5-3-4(18(10,16)17)1-2-6(5)14-7(15)8(11,12)13;9-5-3-1-2-4-6(5)13-7(14)8(10,11)12/h1-3H,(H,14,15);1-4H,(H,13,14). The van der Waals surface area contributed by atoms with E-state index in [1.54, 1.807) is 16.7 Å². The maximum Gasteiger partial charge on any atom is 0.471 e. The Morgan fingerprint density at radius 3 is 1.59 bits per heavy atom. The number of rotatable bonds is 3. The predicted molar refractivity (Wildman–Crippen MR) is 111 cm³/mol. The fraction of sp³-hybridized carbons (Fsp3) is 0.125. The summed E-state index contributed by atoms with van der Waals surface area (Å²) in [5, 5.41) is 3.32. The van der Waals surface area contributed by atoms with Gasteiger partial charge >= 0.3 is 24.2 Å². The van der Waals surface area contributed by atoms with Crippen LogP contribution in [0.5, 0.6) is 0 Å². The Labute approximate surface area is 198 Å². The molecule has 0 aromatic heterocycles. The van der Waals surface area contributed by atoms with Gasteiger partial charge in [0.05, 0.1) is 16.3 Å². The molecule has 0 aliphatic carbocycles. The highest BCUT2D eigenvalue weighted by Crippen LogP contribution is 2.29. The van der Waals surface area contributed by atoms with E-state index < -0.39 is 33.2 Å². The van der Waals surface area contributed by atoms with E-state index in [0.29, 0.717) is 4.47 Å². The van der Waals surface area contributed by atoms with Crippen LogP contribution in [0.3, 0.4) is 0 Å². The molecule has 0 aliphatic rings. The maximum atomic E-state index is 12.0. The zero-order chi connectivity index (χ0) is 24.9. The Morgan fingerprint density at radius 2 is 1.22 bits per heavy atom. The largest absolute Gasteiger partial charge is 0.471 e. The molecule has 0 radical (unpaired) electrons.